The van der Waals surface area contributed by atoms with Gasteiger partial charge in [-0.25, -0.2) is 9.97 Å². The Morgan fingerprint density at radius 1 is 1.53 bits per heavy atom. The van der Waals surface area contributed by atoms with E-state index < -0.39 is 0 Å². The summed E-state index contributed by atoms with van der Waals surface area (Å²) in [5.41, 5.74) is 1.78. The summed E-state index contributed by atoms with van der Waals surface area (Å²) in [5.74, 6) is 0.549. The third kappa shape index (κ3) is 2.98. The van der Waals surface area contributed by atoms with E-state index in [1.54, 1.807) is 19.4 Å². The minimum absolute atomic E-state index is 0.0494. The van der Waals surface area contributed by atoms with Gasteiger partial charge in [0.25, 0.3) is 0 Å². The monoisotopic (exact) mass is 316 g/mol. The van der Waals surface area contributed by atoms with Crippen LogP contribution in [0.1, 0.15) is 16.1 Å². The van der Waals surface area contributed by atoms with E-state index in [9.17, 15) is 0 Å². The van der Waals surface area contributed by atoms with E-state index in [1.165, 1.54) is 6.33 Å². The Bertz CT molecular complexity index is 504. The molecule has 2 heterocycles. The molecule has 0 N–H and O–H groups in total. The molecule has 17 heavy (non-hydrogen) atoms. The number of nitrogens with zero attached hydrogens (tertiary/aromatic N) is 2. The second kappa shape index (κ2) is 5.51. The number of alkyl halides is 1. The summed E-state index contributed by atoms with van der Waals surface area (Å²) in [7, 11) is 1.57. The van der Waals surface area contributed by atoms with Crippen LogP contribution in [-0.4, -0.2) is 17.1 Å². The van der Waals surface area contributed by atoms with Crippen molar-refractivity contribution >= 4 is 27.5 Å². The molecule has 2 aromatic heterocycles. The molecule has 0 saturated carbocycles. The van der Waals surface area contributed by atoms with Crippen LogP contribution in [0, 0.1) is 0 Å². The lowest BCUT2D eigenvalue weighted by molar-refractivity contribution is 0.396. The number of halogens is 2. The molecule has 0 bridgehead atoms. The van der Waals surface area contributed by atoms with Crippen LogP contribution in [-0.2, 0) is 6.42 Å². The molecule has 0 spiro atoms. The highest BCUT2D eigenvalue weighted by Gasteiger charge is 2.15. The van der Waals surface area contributed by atoms with Crippen molar-refractivity contribution in [1.29, 1.82) is 0 Å². The van der Waals surface area contributed by atoms with Crippen molar-refractivity contribution in [1.82, 2.24) is 9.97 Å². The molecule has 0 amide bonds. The maximum atomic E-state index is 5.91. The molecule has 0 aromatic carbocycles. The zero-order valence-corrected chi connectivity index (χ0v) is 11.4. The molecule has 1 unspecified atom stereocenters. The first-order valence-corrected chi connectivity index (χ1v) is 6.22. The number of rotatable bonds is 4. The van der Waals surface area contributed by atoms with Crippen LogP contribution in [0.15, 0.2) is 29.1 Å². The standard InChI is InChI=1S/C11H10BrClN2O2/c1-16-10-5-7(14-6-15-10)4-9(12)8-2-3-17-11(8)13/h2-3,5-6,9H,4H2,1H3. The number of hydrogen-bond donors (Lipinski definition) is 0. The van der Waals surface area contributed by atoms with Crippen molar-refractivity contribution in [2.75, 3.05) is 7.11 Å². The fourth-order valence-electron chi connectivity index (χ4n) is 1.42. The highest BCUT2D eigenvalue weighted by Crippen LogP contribution is 2.32. The summed E-state index contributed by atoms with van der Waals surface area (Å²) >= 11 is 9.46. The van der Waals surface area contributed by atoms with Crippen molar-refractivity contribution in [3.63, 3.8) is 0 Å². The van der Waals surface area contributed by atoms with Gasteiger partial charge >= 0.3 is 0 Å². The number of methoxy groups -OCH3 is 1. The SMILES string of the molecule is COc1cc(CC(Br)c2ccoc2Cl)ncn1. The van der Waals surface area contributed by atoms with E-state index in [0.29, 0.717) is 17.5 Å². The van der Waals surface area contributed by atoms with Gasteiger partial charge in [-0.15, -0.1) is 0 Å². The summed E-state index contributed by atoms with van der Waals surface area (Å²) in [4.78, 5) is 8.17. The summed E-state index contributed by atoms with van der Waals surface area (Å²) < 4.78 is 10.1. The van der Waals surface area contributed by atoms with Crippen LogP contribution in [0.2, 0.25) is 5.22 Å². The van der Waals surface area contributed by atoms with Crippen molar-refractivity contribution in [3.8, 4) is 5.88 Å². The predicted octanol–water partition coefficient (Wildman–Crippen LogP) is 3.41. The van der Waals surface area contributed by atoms with Gasteiger partial charge in [0.1, 0.15) is 6.33 Å². The second-order valence-corrected chi connectivity index (χ2v) is 4.82. The van der Waals surface area contributed by atoms with E-state index in [-0.39, 0.29) is 4.83 Å². The maximum Gasteiger partial charge on any atom is 0.216 e. The minimum Gasteiger partial charge on any atom is -0.481 e. The molecule has 90 valence electrons. The first-order chi connectivity index (χ1) is 8.20. The molecule has 2 rings (SSSR count). The summed E-state index contributed by atoms with van der Waals surface area (Å²) in [6, 6.07) is 3.63. The maximum absolute atomic E-state index is 5.91. The molecule has 2 aromatic rings. The largest absolute Gasteiger partial charge is 0.481 e. The third-order valence-electron chi connectivity index (χ3n) is 2.28. The van der Waals surface area contributed by atoms with Crippen LogP contribution in [0.4, 0.5) is 0 Å². The summed E-state index contributed by atoms with van der Waals surface area (Å²) in [6.45, 7) is 0. The van der Waals surface area contributed by atoms with E-state index in [2.05, 4.69) is 25.9 Å². The molecule has 0 aliphatic heterocycles. The van der Waals surface area contributed by atoms with E-state index in [1.807, 2.05) is 6.07 Å². The van der Waals surface area contributed by atoms with E-state index >= 15 is 0 Å². The Morgan fingerprint density at radius 3 is 3.00 bits per heavy atom. The van der Waals surface area contributed by atoms with E-state index in [0.717, 1.165) is 11.3 Å². The molecule has 0 aliphatic carbocycles. The normalized spacial score (nSPS) is 12.4. The van der Waals surface area contributed by atoms with Gasteiger partial charge in [-0.1, -0.05) is 15.9 Å². The average Bonchev–Trinajstić information content (AvgIpc) is 2.76. The molecule has 6 heteroatoms. The number of hydrogen-bond acceptors (Lipinski definition) is 4. The van der Waals surface area contributed by atoms with Gasteiger partial charge in [-0.3, -0.25) is 0 Å². The number of ether oxygens (including phenoxy) is 1. The zero-order valence-electron chi connectivity index (χ0n) is 9.06. The molecule has 0 fully saturated rings. The lowest BCUT2D eigenvalue weighted by atomic mass is 10.1. The number of furan rings is 1. The van der Waals surface area contributed by atoms with Gasteiger partial charge in [0.15, 0.2) is 5.22 Å². The Balaban J connectivity index is 2.13. The molecule has 4 nitrogen and oxygen atoms in total. The summed E-state index contributed by atoms with van der Waals surface area (Å²) in [5, 5.41) is 0.396. The smallest absolute Gasteiger partial charge is 0.216 e. The zero-order chi connectivity index (χ0) is 12.3. The Morgan fingerprint density at radius 2 is 2.35 bits per heavy atom. The van der Waals surface area contributed by atoms with Gasteiger partial charge in [-0.2, -0.15) is 0 Å². The quantitative estimate of drug-likeness (QED) is 0.811. The fourth-order valence-corrected chi connectivity index (χ4v) is 2.49. The van der Waals surface area contributed by atoms with Crippen molar-refractivity contribution < 1.29 is 9.15 Å². The fraction of sp³-hybridized carbons (Fsp3) is 0.273. The van der Waals surface area contributed by atoms with Crippen LogP contribution >= 0.6 is 27.5 Å². The van der Waals surface area contributed by atoms with Crippen molar-refractivity contribution in [2.45, 2.75) is 11.2 Å². The molecule has 0 saturated heterocycles. The van der Waals surface area contributed by atoms with Gasteiger partial charge in [-0.05, 0) is 17.7 Å². The first kappa shape index (κ1) is 12.4. The number of aromatic nitrogens is 2. The molecular weight excluding hydrogens is 307 g/mol. The molecule has 0 radical (unpaired) electrons. The minimum atomic E-state index is 0.0494. The molecule has 0 aliphatic rings. The lowest BCUT2D eigenvalue weighted by Gasteiger charge is -2.08. The summed E-state index contributed by atoms with van der Waals surface area (Å²) in [6.07, 6.45) is 3.72. The highest BCUT2D eigenvalue weighted by atomic mass is 79.9. The van der Waals surface area contributed by atoms with Crippen molar-refractivity contribution in [2.24, 2.45) is 0 Å². The van der Waals surface area contributed by atoms with Crippen LogP contribution in [0.5, 0.6) is 5.88 Å². The van der Waals surface area contributed by atoms with E-state index in [4.69, 9.17) is 20.8 Å². The van der Waals surface area contributed by atoms with Gasteiger partial charge in [0.2, 0.25) is 5.88 Å². The van der Waals surface area contributed by atoms with Gasteiger partial charge in [0, 0.05) is 28.6 Å². The van der Waals surface area contributed by atoms with Crippen LogP contribution in [0.3, 0.4) is 0 Å². The van der Waals surface area contributed by atoms with Crippen LogP contribution in [0.25, 0.3) is 0 Å². The highest BCUT2D eigenvalue weighted by molar-refractivity contribution is 9.09. The second-order valence-electron chi connectivity index (χ2n) is 3.37. The van der Waals surface area contributed by atoms with Gasteiger partial charge in [0.05, 0.1) is 13.4 Å². The Hall–Kier alpha value is -1.07. The molecule has 1 atom stereocenters. The Kier molecular flexibility index (Phi) is 4.02. The molecular formula is C11H10BrClN2O2. The average molecular weight is 318 g/mol. The Labute approximate surface area is 112 Å². The first-order valence-electron chi connectivity index (χ1n) is 4.92. The third-order valence-corrected chi connectivity index (χ3v) is 3.40. The van der Waals surface area contributed by atoms with Crippen molar-refractivity contribution in [3.05, 3.63) is 41.2 Å². The lowest BCUT2D eigenvalue weighted by Crippen LogP contribution is -1.99. The predicted molar refractivity (Wildman–Crippen MR) is 67.7 cm³/mol. The topological polar surface area (TPSA) is 48.2 Å². The van der Waals surface area contributed by atoms with Crippen LogP contribution < -0.4 is 4.74 Å². The van der Waals surface area contributed by atoms with Gasteiger partial charge < -0.3 is 9.15 Å².